The number of unbranched alkanes of at least 4 members (excludes halogenated alkanes) is 2. The monoisotopic (exact) mass is 555 g/mol. The van der Waals surface area contributed by atoms with E-state index in [1.165, 1.54) is 134 Å². The zero-order chi connectivity index (χ0) is 27.5. The van der Waals surface area contributed by atoms with Crippen molar-refractivity contribution in [3.8, 4) is 0 Å². The molecular formula is C36H61NOS. The zero-order valence-corrected chi connectivity index (χ0v) is 26.9. The fourth-order valence-corrected chi connectivity index (χ4v) is 9.13. The van der Waals surface area contributed by atoms with Crippen LogP contribution in [0.25, 0.3) is 0 Å². The van der Waals surface area contributed by atoms with Gasteiger partial charge in [-0.2, -0.15) is 0 Å². The minimum atomic E-state index is 0.796. The standard InChI is InChI=1S/C36H61NOS/c1-5-7-8-10-28-12-16-31(17-13-28)32-20-22-33(23-21-32)35-24-25-36(30(6-2)27-35)34-18-14-29(15-19-34)11-9-26-37(3)39-38-4/h24-25,27-29,31-34H,5-23,26H2,1-4H3. The summed E-state index contributed by atoms with van der Waals surface area (Å²) in [7, 11) is 3.89. The summed E-state index contributed by atoms with van der Waals surface area (Å²) >= 11 is 1.47. The van der Waals surface area contributed by atoms with E-state index in [-0.39, 0.29) is 0 Å². The Morgan fingerprint density at radius 3 is 1.95 bits per heavy atom. The fourth-order valence-electron chi connectivity index (χ4n) is 8.67. The summed E-state index contributed by atoms with van der Waals surface area (Å²) in [6.45, 7) is 5.85. The molecule has 0 heterocycles. The normalized spacial score (nSPS) is 30.1. The molecule has 0 saturated heterocycles. The number of aryl methyl sites for hydroxylation is 1. The Morgan fingerprint density at radius 1 is 0.744 bits per heavy atom. The van der Waals surface area contributed by atoms with Crippen LogP contribution >= 0.6 is 12.2 Å². The van der Waals surface area contributed by atoms with Gasteiger partial charge in [0, 0.05) is 6.54 Å². The minimum absolute atomic E-state index is 0.796. The average Bonchev–Trinajstić information content (AvgIpc) is 2.98. The van der Waals surface area contributed by atoms with Crippen molar-refractivity contribution in [3.05, 3.63) is 34.9 Å². The first-order valence-electron chi connectivity index (χ1n) is 17.2. The lowest BCUT2D eigenvalue weighted by Crippen LogP contribution is -2.25. The van der Waals surface area contributed by atoms with Gasteiger partial charge in [-0.1, -0.05) is 70.6 Å². The molecule has 0 radical (unpaired) electrons. The molecule has 0 bridgehead atoms. The van der Waals surface area contributed by atoms with E-state index in [4.69, 9.17) is 4.18 Å². The molecule has 0 aromatic heterocycles. The van der Waals surface area contributed by atoms with Crippen LogP contribution in [0.5, 0.6) is 0 Å². The first-order chi connectivity index (χ1) is 19.1. The lowest BCUT2D eigenvalue weighted by molar-refractivity contribution is 0.155. The van der Waals surface area contributed by atoms with Crippen molar-refractivity contribution in [2.24, 2.45) is 23.7 Å². The summed E-state index contributed by atoms with van der Waals surface area (Å²) in [5.41, 5.74) is 5.03. The van der Waals surface area contributed by atoms with Gasteiger partial charge >= 0.3 is 0 Å². The molecule has 2 nitrogen and oxygen atoms in total. The van der Waals surface area contributed by atoms with Gasteiger partial charge in [-0.15, -0.1) is 0 Å². The summed E-state index contributed by atoms with van der Waals surface area (Å²) in [4.78, 5) is 0. The molecule has 3 saturated carbocycles. The summed E-state index contributed by atoms with van der Waals surface area (Å²) in [6.07, 6.45) is 27.3. The lowest BCUT2D eigenvalue weighted by Gasteiger charge is -2.38. The Morgan fingerprint density at radius 2 is 1.33 bits per heavy atom. The molecule has 3 fully saturated rings. The van der Waals surface area contributed by atoms with E-state index in [9.17, 15) is 0 Å². The molecule has 0 N–H and O–H groups in total. The highest BCUT2D eigenvalue weighted by atomic mass is 32.2. The van der Waals surface area contributed by atoms with Gasteiger partial charge in [0.2, 0.25) is 0 Å². The van der Waals surface area contributed by atoms with Crippen LogP contribution in [0.4, 0.5) is 0 Å². The largest absolute Gasteiger partial charge is 0.304 e. The van der Waals surface area contributed by atoms with Crippen LogP contribution in [0.1, 0.15) is 158 Å². The Balaban J connectivity index is 1.21. The second-order valence-corrected chi connectivity index (χ2v) is 14.8. The molecule has 0 amide bonds. The van der Waals surface area contributed by atoms with Crippen LogP contribution in [-0.2, 0) is 10.6 Å². The van der Waals surface area contributed by atoms with Crippen molar-refractivity contribution in [2.75, 3.05) is 20.7 Å². The molecule has 3 aliphatic carbocycles. The molecular weight excluding hydrogens is 494 g/mol. The summed E-state index contributed by atoms with van der Waals surface area (Å²) in [6, 6.07) is 7.77. The van der Waals surface area contributed by atoms with Gasteiger partial charge in [0.15, 0.2) is 0 Å². The predicted octanol–water partition coefficient (Wildman–Crippen LogP) is 11.1. The number of benzene rings is 1. The van der Waals surface area contributed by atoms with Crippen molar-refractivity contribution >= 4 is 12.2 Å². The molecule has 1 aromatic carbocycles. The van der Waals surface area contributed by atoms with Crippen LogP contribution in [0.2, 0.25) is 0 Å². The second-order valence-electron chi connectivity index (χ2n) is 13.7. The molecule has 4 rings (SSSR count). The zero-order valence-electron chi connectivity index (χ0n) is 26.1. The Labute approximate surface area is 247 Å². The van der Waals surface area contributed by atoms with E-state index in [1.807, 2.05) is 0 Å². The molecule has 0 atom stereocenters. The SMILES string of the molecule is CCCCCC1CCC(C2CCC(c3ccc(C4CCC(CCCN(C)SOC)CC4)c(CC)c3)CC2)CC1. The molecule has 3 aliphatic rings. The Bertz CT molecular complexity index is 802. The van der Waals surface area contributed by atoms with E-state index < -0.39 is 0 Å². The fraction of sp³-hybridized carbons (Fsp3) is 0.833. The van der Waals surface area contributed by atoms with Crippen molar-refractivity contribution < 1.29 is 4.18 Å². The highest BCUT2D eigenvalue weighted by Crippen LogP contribution is 2.45. The van der Waals surface area contributed by atoms with Crippen LogP contribution in [0.3, 0.4) is 0 Å². The highest BCUT2D eigenvalue weighted by Gasteiger charge is 2.31. The summed E-state index contributed by atoms with van der Waals surface area (Å²) in [5, 5.41) is 0. The van der Waals surface area contributed by atoms with Gasteiger partial charge in [-0.05, 0) is 143 Å². The van der Waals surface area contributed by atoms with Crippen molar-refractivity contribution in [3.63, 3.8) is 0 Å². The smallest absolute Gasteiger partial charge is 0.0813 e. The van der Waals surface area contributed by atoms with E-state index in [1.54, 1.807) is 23.8 Å². The second kappa shape index (κ2) is 16.8. The van der Waals surface area contributed by atoms with E-state index in [2.05, 4.69) is 43.4 Å². The number of hydrogen-bond donors (Lipinski definition) is 0. The van der Waals surface area contributed by atoms with Crippen molar-refractivity contribution in [1.29, 1.82) is 0 Å². The van der Waals surface area contributed by atoms with Crippen LogP contribution in [0.15, 0.2) is 18.2 Å². The third-order valence-electron chi connectivity index (χ3n) is 11.1. The average molecular weight is 556 g/mol. The molecule has 3 heteroatoms. The summed E-state index contributed by atoms with van der Waals surface area (Å²) < 4.78 is 7.38. The van der Waals surface area contributed by atoms with Gasteiger partial charge in [0.25, 0.3) is 0 Å². The predicted molar refractivity (Wildman–Crippen MR) is 171 cm³/mol. The maximum absolute atomic E-state index is 5.17. The topological polar surface area (TPSA) is 12.5 Å². The molecule has 0 unspecified atom stereocenters. The Hall–Kier alpha value is -0.510. The van der Waals surface area contributed by atoms with E-state index in [0.717, 1.165) is 42.1 Å². The van der Waals surface area contributed by atoms with E-state index in [0.29, 0.717) is 0 Å². The number of rotatable bonds is 14. The maximum atomic E-state index is 5.17. The van der Waals surface area contributed by atoms with Crippen LogP contribution in [0, 0.1) is 23.7 Å². The first kappa shape index (κ1) is 31.4. The van der Waals surface area contributed by atoms with Crippen molar-refractivity contribution in [1.82, 2.24) is 4.31 Å². The maximum Gasteiger partial charge on any atom is 0.0813 e. The highest BCUT2D eigenvalue weighted by molar-refractivity contribution is 7.92. The molecule has 0 spiro atoms. The number of hydrogen-bond acceptors (Lipinski definition) is 3. The minimum Gasteiger partial charge on any atom is -0.304 e. The van der Waals surface area contributed by atoms with Crippen LogP contribution < -0.4 is 0 Å². The van der Waals surface area contributed by atoms with Crippen LogP contribution in [-0.4, -0.2) is 25.0 Å². The molecule has 39 heavy (non-hydrogen) atoms. The third kappa shape index (κ3) is 9.50. The third-order valence-corrected chi connectivity index (χ3v) is 11.7. The van der Waals surface area contributed by atoms with Gasteiger partial charge in [-0.25, -0.2) is 4.31 Å². The molecule has 0 aliphatic heterocycles. The van der Waals surface area contributed by atoms with Gasteiger partial charge in [-0.3, -0.25) is 0 Å². The Kier molecular flexibility index (Phi) is 13.5. The quantitative estimate of drug-likeness (QED) is 0.129. The van der Waals surface area contributed by atoms with Gasteiger partial charge < -0.3 is 4.18 Å². The van der Waals surface area contributed by atoms with Crippen molar-refractivity contribution in [2.45, 2.75) is 148 Å². The lowest BCUT2D eigenvalue weighted by atomic mass is 9.67. The first-order valence-corrected chi connectivity index (χ1v) is 17.9. The summed E-state index contributed by atoms with van der Waals surface area (Å²) in [5.74, 6) is 5.66. The molecule has 222 valence electrons. The number of nitrogens with zero attached hydrogens (tertiary/aromatic N) is 1. The van der Waals surface area contributed by atoms with E-state index >= 15 is 0 Å². The molecule has 1 aromatic rings. The van der Waals surface area contributed by atoms with Gasteiger partial charge in [0.1, 0.15) is 0 Å². The van der Waals surface area contributed by atoms with Gasteiger partial charge in [0.05, 0.1) is 19.3 Å².